The number of ketones is 2. The molecule has 2 rings (SSSR count). The average Bonchev–Trinajstić information content (AvgIpc) is 1.95. The first-order valence-corrected chi connectivity index (χ1v) is 5.03. The fraction of sp³-hybridized carbons (Fsp3) is 0.818. The average molecular weight is 180 g/mol. The molecule has 0 heterocycles. The van der Waals surface area contributed by atoms with Gasteiger partial charge in [0, 0.05) is 25.7 Å². The topological polar surface area (TPSA) is 34.1 Å². The molecule has 0 N–H and O–H groups in total. The van der Waals surface area contributed by atoms with Crippen LogP contribution in [0.1, 0.15) is 39.5 Å². The Morgan fingerprint density at radius 3 is 1.54 bits per heavy atom. The van der Waals surface area contributed by atoms with E-state index in [4.69, 9.17) is 0 Å². The number of carbonyl (C=O) groups is 2. The van der Waals surface area contributed by atoms with Gasteiger partial charge in [-0.25, -0.2) is 0 Å². The number of carbonyl (C=O) groups excluding carboxylic acids is 2. The summed E-state index contributed by atoms with van der Waals surface area (Å²) >= 11 is 0. The molecule has 2 bridgehead atoms. The van der Waals surface area contributed by atoms with Crippen LogP contribution in [0.15, 0.2) is 0 Å². The highest BCUT2D eigenvalue weighted by molar-refractivity contribution is 5.86. The number of rotatable bonds is 0. The number of hydrogen-bond acceptors (Lipinski definition) is 2. The molecule has 2 heteroatoms. The summed E-state index contributed by atoms with van der Waals surface area (Å²) in [5.74, 6) is 1.36. The Bertz CT molecular complexity index is 223. The molecule has 2 fully saturated rings. The maximum absolute atomic E-state index is 11.4. The van der Waals surface area contributed by atoms with Gasteiger partial charge in [0.15, 0.2) is 0 Å². The monoisotopic (exact) mass is 180 g/mol. The van der Waals surface area contributed by atoms with Crippen molar-refractivity contribution < 1.29 is 9.59 Å². The Morgan fingerprint density at radius 1 is 0.923 bits per heavy atom. The van der Waals surface area contributed by atoms with Crippen LogP contribution in [-0.4, -0.2) is 11.6 Å². The van der Waals surface area contributed by atoms with Crippen LogP contribution < -0.4 is 0 Å². The fourth-order valence-corrected chi connectivity index (χ4v) is 2.80. The number of fused-ring (bicyclic) bond motifs is 2. The van der Waals surface area contributed by atoms with Crippen LogP contribution in [0.25, 0.3) is 0 Å². The van der Waals surface area contributed by atoms with Crippen LogP contribution in [0.4, 0.5) is 0 Å². The molecule has 0 unspecified atom stereocenters. The van der Waals surface area contributed by atoms with Crippen LogP contribution in [0.2, 0.25) is 0 Å². The molecular weight excluding hydrogens is 164 g/mol. The molecule has 72 valence electrons. The molecule has 0 amide bonds. The van der Waals surface area contributed by atoms with Gasteiger partial charge in [0.25, 0.3) is 0 Å². The van der Waals surface area contributed by atoms with E-state index in [2.05, 4.69) is 13.8 Å². The summed E-state index contributed by atoms with van der Waals surface area (Å²) < 4.78 is 0. The van der Waals surface area contributed by atoms with Crippen LogP contribution in [-0.2, 0) is 9.59 Å². The number of Topliss-reactive ketones (excluding diaryl/α,β-unsaturated/α-hetero) is 2. The summed E-state index contributed by atoms with van der Waals surface area (Å²) in [6, 6.07) is 0. The molecule has 0 aliphatic heterocycles. The van der Waals surface area contributed by atoms with Gasteiger partial charge >= 0.3 is 0 Å². The zero-order valence-electron chi connectivity index (χ0n) is 8.30. The van der Waals surface area contributed by atoms with Crippen molar-refractivity contribution in [3.63, 3.8) is 0 Å². The standard InChI is InChI=1S/C11H16O2/c1-11(2)7-3-9(12)5-8(11)6-10(13)4-7/h7-8H,3-6H2,1-2H3. The van der Waals surface area contributed by atoms with Crippen molar-refractivity contribution in [3.8, 4) is 0 Å². The highest BCUT2D eigenvalue weighted by Crippen LogP contribution is 2.50. The first-order valence-electron chi connectivity index (χ1n) is 5.03. The van der Waals surface area contributed by atoms with E-state index in [1.54, 1.807) is 0 Å². The first-order chi connectivity index (χ1) is 6.00. The van der Waals surface area contributed by atoms with Gasteiger partial charge in [-0.1, -0.05) is 13.8 Å². The van der Waals surface area contributed by atoms with Crippen molar-refractivity contribution in [3.05, 3.63) is 0 Å². The largest absolute Gasteiger partial charge is 0.300 e. The summed E-state index contributed by atoms with van der Waals surface area (Å²) in [7, 11) is 0. The van der Waals surface area contributed by atoms with Crippen LogP contribution >= 0.6 is 0 Å². The SMILES string of the molecule is CC1(C)C2CC(=O)CC1CC(=O)C2. The molecule has 2 aliphatic rings. The lowest BCUT2D eigenvalue weighted by molar-refractivity contribution is -0.138. The predicted molar refractivity (Wildman–Crippen MR) is 49.2 cm³/mol. The third-order valence-corrected chi connectivity index (χ3v) is 4.00. The van der Waals surface area contributed by atoms with Crippen molar-refractivity contribution in [2.75, 3.05) is 0 Å². The molecule has 2 nitrogen and oxygen atoms in total. The molecule has 2 aliphatic carbocycles. The van der Waals surface area contributed by atoms with E-state index in [0.717, 1.165) is 0 Å². The second kappa shape index (κ2) is 2.66. The maximum atomic E-state index is 11.4. The van der Waals surface area contributed by atoms with Gasteiger partial charge in [-0.2, -0.15) is 0 Å². The summed E-state index contributed by atoms with van der Waals surface area (Å²) in [5, 5.41) is 0. The van der Waals surface area contributed by atoms with E-state index in [0.29, 0.717) is 49.1 Å². The third kappa shape index (κ3) is 1.32. The van der Waals surface area contributed by atoms with Crippen LogP contribution in [0, 0.1) is 17.3 Å². The summed E-state index contributed by atoms with van der Waals surface area (Å²) in [6.07, 6.45) is 2.54. The van der Waals surface area contributed by atoms with Crippen molar-refractivity contribution in [1.82, 2.24) is 0 Å². The van der Waals surface area contributed by atoms with Gasteiger partial charge in [0.2, 0.25) is 0 Å². The van der Waals surface area contributed by atoms with Crippen molar-refractivity contribution in [2.45, 2.75) is 39.5 Å². The van der Waals surface area contributed by atoms with E-state index in [1.165, 1.54) is 0 Å². The second-order valence-electron chi connectivity index (χ2n) is 5.11. The molecule has 0 radical (unpaired) electrons. The highest BCUT2D eigenvalue weighted by atomic mass is 16.1. The normalized spacial score (nSPS) is 37.7. The van der Waals surface area contributed by atoms with Gasteiger partial charge in [0.1, 0.15) is 11.6 Å². The minimum Gasteiger partial charge on any atom is -0.300 e. The van der Waals surface area contributed by atoms with Gasteiger partial charge in [0.05, 0.1) is 0 Å². The zero-order chi connectivity index (χ0) is 9.64. The maximum Gasteiger partial charge on any atom is 0.133 e. The Morgan fingerprint density at radius 2 is 1.23 bits per heavy atom. The predicted octanol–water partition coefficient (Wildman–Crippen LogP) is 1.97. The lowest BCUT2D eigenvalue weighted by Crippen LogP contribution is -2.45. The van der Waals surface area contributed by atoms with Crippen LogP contribution in [0.5, 0.6) is 0 Å². The van der Waals surface area contributed by atoms with Crippen LogP contribution in [0.3, 0.4) is 0 Å². The molecule has 13 heavy (non-hydrogen) atoms. The van der Waals surface area contributed by atoms with Gasteiger partial charge in [-0.3, -0.25) is 9.59 Å². The summed E-state index contributed by atoms with van der Waals surface area (Å²) in [4.78, 5) is 22.7. The van der Waals surface area contributed by atoms with E-state index < -0.39 is 0 Å². The Balaban J connectivity index is 2.28. The van der Waals surface area contributed by atoms with Crippen molar-refractivity contribution >= 4 is 11.6 Å². The molecule has 0 aromatic rings. The number of hydrogen-bond donors (Lipinski definition) is 0. The minimum absolute atomic E-state index is 0.210. The Kier molecular flexibility index (Phi) is 1.83. The Hall–Kier alpha value is -0.660. The van der Waals surface area contributed by atoms with Crippen molar-refractivity contribution in [2.24, 2.45) is 17.3 Å². The molecule has 2 saturated carbocycles. The zero-order valence-corrected chi connectivity index (χ0v) is 8.30. The molecule has 0 spiro atoms. The lowest BCUT2D eigenvalue weighted by atomic mass is 9.56. The first kappa shape index (κ1) is 8.92. The Labute approximate surface area is 78.7 Å². The molecule has 0 aromatic heterocycles. The molecule has 0 aromatic carbocycles. The van der Waals surface area contributed by atoms with E-state index in [-0.39, 0.29) is 5.41 Å². The second-order valence-corrected chi connectivity index (χ2v) is 5.11. The van der Waals surface area contributed by atoms with E-state index in [9.17, 15) is 9.59 Å². The molecule has 0 saturated heterocycles. The van der Waals surface area contributed by atoms with Gasteiger partial charge in [-0.05, 0) is 17.3 Å². The smallest absolute Gasteiger partial charge is 0.133 e. The van der Waals surface area contributed by atoms with E-state index in [1.807, 2.05) is 0 Å². The lowest BCUT2D eigenvalue weighted by Gasteiger charge is -2.47. The third-order valence-electron chi connectivity index (χ3n) is 4.00. The quantitative estimate of drug-likeness (QED) is 0.571. The van der Waals surface area contributed by atoms with Gasteiger partial charge < -0.3 is 0 Å². The fourth-order valence-electron chi connectivity index (χ4n) is 2.80. The minimum atomic E-state index is 0.210. The van der Waals surface area contributed by atoms with Gasteiger partial charge in [-0.15, -0.1) is 0 Å². The summed E-state index contributed by atoms with van der Waals surface area (Å²) in [6.45, 7) is 4.42. The summed E-state index contributed by atoms with van der Waals surface area (Å²) in [5.41, 5.74) is 0.210. The molecule has 0 atom stereocenters. The van der Waals surface area contributed by atoms with Crippen molar-refractivity contribution in [1.29, 1.82) is 0 Å². The van der Waals surface area contributed by atoms with E-state index >= 15 is 0 Å². The molecular formula is C11H16O2. The highest BCUT2D eigenvalue weighted by Gasteiger charge is 2.47.